The van der Waals surface area contributed by atoms with Crippen LogP contribution >= 0.6 is 24.8 Å². The molecule has 1 heterocycles. The minimum Gasteiger partial charge on any atom is -0.480 e. The van der Waals surface area contributed by atoms with E-state index in [-0.39, 0.29) is 30.9 Å². The van der Waals surface area contributed by atoms with Gasteiger partial charge in [-0.2, -0.15) is 0 Å². The molecule has 4 atom stereocenters. The molecule has 212 valence electrons. The third kappa shape index (κ3) is 9.86. The monoisotopic (exact) mass is 562 g/mol. The lowest BCUT2D eigenvalue weighted by molar-refractivity contribution is -0.140. The SMILES string of the molecule is CC(C)C[C@H](NC1CC(CN2CCC(CCCc3ccccc3)CC2)C(c2ccccc2)C1)C(=O)O.Cl.Cl. The van der Waals surface area contributed by atoms with Crippen molar-refractivity contribution in [3.05, 3.63) is 71.8 Å². The fraction of sp³-hybridized carbons (Fsp3) is 0.594. The number of aryl methyl sites for hydroxylation is 1. The van der Waals surface area contributed by atoms with Crippen LogP contribution in [0.2, 0.25) is 0 Å². The van der Waals surface area contributed by atoms with Crippen molar-refractivity contribution in [2.75, 3.05) is 19.6 Å². The molecule has 2 aromatic carbocycles. The molecule has 0 bridgehead atoms. The van der Waals surface area contributed by atoms with E-state index in [9.17, 15) is 9.90 Å². The Morgan fingerprint density at radius 1 is 0.974 bits per heavy atom. The van der Waals surface area contributed by atoms with Crippen molar-refractivity contribution in [3.63, 3.8) is 0 Å². The molecular formula is C32H48Cl2N2O2. The van der Waals surface area contributed by atoms with Gasteiger partial charge in [0, 0.05) is 12.6 Å². The lowest BCUT2D eigenvalue weighted by Gasteiger charge is -2.35. The van der Waals surface area contributed by atoms with Crippen LogP contribution in [0, 0.1) is 17.8 Å². The first-order valence-electron chi connectivity index (χ1n) is 14.3. The van der Waals surface area contributed by atoms with E-state index in [2.05, 4.69) is 84.7 Å². The molecule has 6 heteroatoms. The van der Waals surface area contributed by atoms with Gasteiger partial charge in [-0.15, -0.1) is 24.8 Å². The van der Waals surface area contributed by atoms with Crippen molar-refractivity contribution in [2.45, 2.75) is 83.2 Å². The number of hydrogen-bond acceptors (Lipinski definition) is 3. The zero-order valence-electron chi connectivity index (χ0n) is 23.1. The Morgan fingerprint density at radius 3 is 2.21 bits per heavy atom. The van der Waals surface area contributed by atoms with Crippen molar-refractivity contribution >= 4 is 30.8 Å². The largest absolute Gasteiger partial charge is 0.480 e. The Balaban J connectivity index is 0.00000253. The summed E-state index contributed by atoms with van der Waals surface area (Å²) < 4.78 is 0. The molecule has 4 nitrogen and oxygen atoms in total. The van der Waals surface area contributed by atoms with Crippen LogP contribution < -0.4 is 5.32 Å². The van der Waals surface area contributed by atoms with E-state index in [4.69, 9.17) is 0 Å². The lowest BCUT2D eigenvalue weighted by atomic mass is 9.87. The standard InChI is InChI=1S/C32H46N2O2.2ClH/c1-24(2)20-31(32(35)36)33-29-21-28(30(22-29)27-14-7-4-8-15-27)23-34-18-16-26(17-19-34)13-9-12-25-10-5-3-6-11-25;;/h3-8,10-11,14-15,24,26,28-31,33H,9,12-13,16-23H2,1-2H3,(H,35,36);2*1H/t28?,29?,30?,31-;;/m0../s1. The Bertz CT molecular complexity index is 920. The van der Waals surface area contributed by atoms with Gasteiger partial charge in [0.15, 0.2) is 0 Å². The van der Waals surface area contributed by atoms with Crippen molar-refractivity contribution in [2.24, 2.45) is 17.8 Å². The van der Waals surface area contributed by atoms with Gasteiger partial charge < -0.3 is 15.3 Å². The molecule has 0 aromatic heterocycles. The van der Waals surface area contributed by atoms with Gasteiger partial charge in [0.25, 0.3) is 0 Å². The average molecular weight is 564 g/mol. The molecule has 2 fully saturated rings. The average Bonchev–Trinajstić information content (AvgIpc) is 3.27. The number of halogens is 2. The summed E-state index contributed by atoms with van der Waals surface area (Å²) in [5, 5.41) is 13.3. The Hall–Kier alpha value is -1.59. The molecule has 1 saturated heterocycles. The predicted octanol–water partition coefficient (Wildman–Crippen LogP) is 7.22. The zero-order valence-corrected chi connectivity index (χ0v) is 24.8. The topological polar surface area (TPSA) is 52.6 Å². The smallest absolute Gasteiger partial charge is 0.320 e. The second kappa shape index (κ2) is 16.5. The molecule has 0 spiro atoms. The molecule has 1 aliphatic carbocycles. The van der Waals surface area contributed by atoms with Gasteiger partial charge in [-0.1, -0.05) is 80.9 Å². The Labute approximate surface area is 242 Å². The highest BCUT2D eigenvalue weighted by Gasteiger charge is 2.38. The molecule has 1 aliphatic heterocycles. The van der Waals surface area contributed by atoms with Gasteiger partial charge in [-0.05, 0) is 92.8 Å². The van der Waals surface area contributed by atoms with Crippen LogP contribution in [0.3, 0.4) is 0 Å². The third-order valence-electron chi connectivity index (χ3n) is 8.49. The molecule has 2 N–H and O–H groups in total. The van der Waals surface area contributed by atoms with E-state index in [1.54, 1.807) is 0 Å². The van der Waals surface area contributed by atoms with Crippen LogP contribution in [0.5, 0.6) is 0 Å². The molecule has 0 radical (unpaired) electrons. The maximum absolute atomic E-state index is 11.9. The van der Waals surface area contributed by atoms with E-state index < -0.39 is 12.0 Å². The van der Waals surface area contributed by atoms with Crippen molar-refractivity contribution < 1.29 is 9.90 Å². The number of aliphatic carboxylic acids is 1. The lowest BCUT2D eigenvalue weighted by Crippen LogP contribution is -2.43. The summed E-state index contributed by atoms with van der Waals surface area (Å²) in [7, 11) is 0. The summed E-state index contributed by atoms with van der Waals surface area (Å²) in [5.74, 6) is 1.60. The van der Waals surface area contributed by atoms with Gasteiger partial charge in [0.1, 0.15) is 6.04 Å². The number of hydrogen-bond donors (Lipinski definition) is 2. The first-order chi connectivity index (χ1) is 17.5. The molecule has 38 heavy (non-hydrogen) atoms. The fourth-order valence-corrected chi connectivity index (χ4v) is 6.60. The van der Waals surface area contributed by atoms with Gasteiger partial charge in [-0.25, -0.2) is 0 Å². The first-order valence-corrected chi connectivity index (χ1v) is 14.3. The minimum absolute atomic E-state index is 0. The van der Waals surface area contributed by atoms with E-state index in [1.807, 2.05) is 0 Å². The zero-order chi connectivity index (χ0) is 25.3. The van der Waals surface area contributed by atoms with Crippen LogP contribution in [0.4, 0.5) is 0 Å². The summed E-state index contributed by atoms with van der Waals surface area (Å²) >= 11 is 0. The normalized spacial score (nSPS) is 23.0. The van der Waals surface area contributed by atoms with Gasteiger partial charge in [0.05, 0.1) is 0 Å². The van der Waals surface area contributed by atoms with Crippen molar-refractivity contribution in [3.8, 4) is 0 Å². The van der Waals surface area contributed by atoms with E-state index in [1.165, 1.54) is 56.3 Å². The van der Waals surface area contributed by atoms with Crippen molar-refractivity contribution in [1.29, 1.82) is 0 Å². The number of nitrogens with zero attached hydrogens (tertiary/aromatic N) is 1. The van der Waals surface area contributed by atoms with Gasteiger partial charge >= 0.3 is 5.97 Å². The number of benzene rings is 2. The van der Waals surface area contributed by atoms with Crippen LogP contribution in [0.15, 0.2) is 60.7 Å². The maximum atomic E-state index is 11.9. The highest BCUT2D eigenvalue weighted by Crippen LogP contribution is 2.41. The highest BCUT2D eigenvalue weighted by atomic mass is 35.5. The molecule has 3 unspecified atom stereocenters. The number of piperidine rings is 1. The first kappa shape index (κ1) is 32.6. The summed E-state index contributed by atoms with van der Waals surface area (Å²) in [6.07, 6.45) is 9.25. The summed E-state index contributed by atoms with van der Waals surface area (Å²) in [5.41, 5.74) is 2.88. The van der Waals surface area contributed by atoms with Crippen LogP contribution in [-0.2, 0) is 11.2 Å². The van der Waals surface area contributed by atoms with Crippen LogP contribution in [0.25, 0.3) is 0 Å². The fourth-order valence-electron chi connectivity index (χ4n) is 6.60. The number of likely N-dealkylation sites (tertiary alicyclic amines) is 1. The number of carbonyl (C=O) groups is 1. The Kier molecular flexibility index (Phi) is 14.2. The molecule has 2 aliphatic rings. The van der Waals surface area contributed by atoms with E-state index in [0.29, 0.717) is 24.2 Å². The number of carboxylic acids is 1. The number of rotatable bonds is 12. The van der Waals surface area contributed by atoms with E-state index >= 15 is 0 Å². The number of nitrogens with one attached hydrogen (secondary N) is 1. The third-order valence-corrected chi connectivity index (χ3v) is 8.49. The summed E-state index contributed by atoms with van der Waals surface area (Å²) in [4.78, 5) is 14.6. The molecular weight excluding hydrogens is 515 g/mol. The second-order valence-electron chi connectivity index (χ2n) is 11.8. The van der Waals surface area contributed by atoms with Gasteiger partial charge in [-0.3, -0.25) is 4.79 Å². The minimum atomic E-state index is -0.710. The predicted molar refractivity (Wildman–Crippen MR) is 163 cm³/mol. The molecule has 0 amide bonds. The summed E-state index contributed by atoms with van der Waals surface area (Å²) in [6, 6.07) is 21.6. The molecule has 1 saturated carbocycles. The van der Waals surface area contributed by atoms with Crippen LogP contribution in [0.1, 0.15) is 75.8 Å². The highest BCUT2D eigenvalue weighted by molar-refractivity contribution is 5.85. The Morgan fingerprint density at radius 2 is 1.61 bits per heavy atom. The molecule has 2 aromatic rings. The second-order valence-corrected chi connectivity index (χ2v) is 11.8. The summed E-state index contributed by atoms with van der Waals surface area (Å²) in [6.45, 7) is 7.76. The quantitative estimate of drug-likeness (QED) is 0.286. The van der Waals surface area contributed by atoms with Crippen LogP contribution in [-0.4, -0.2) is 47.7 Å². The number of carboxylic acid groups (broad SMARTS) is 1. The van der Waals surface area contributed by atoms with Crippen molar-refractivity contribution in [1.82, 2.24) is 10.2 Å². The maximum Gasteiger partial charge on any atom is 0.320 e. The van der Waals surface area contributed by atoms with E-state index in [0.717, 1.165) is 25.3 Å². The molecule has 4 rings (SSSR count). The van der Waals surface area contributed by atoms with Gasteiger partial charge in [0.2, 0.25) is 0 Å².